The lowest BCUT2D eigenvalue weighted by Gasteiger charge is -2.24. The predicted octanol–water partition coefficient (Wildman–Crippen LogP) is 2.80. The molecule has 1 amide bonds. The molecular formula is C16H19NO3. The number of carboxylic acids is 1. The Kier molecular flexibility index (Phi) is 4.56. The van der Waals surface area contributed by atoms with Gasteiger partial charge in [0.15, 0.2) is 0 Å². The van der Waals surface area contributed by atoms with E-state index in [1.54, 1.807) is 24.3 Å². The Morgan fingerprint density at radius 2 is 1.80 bits per heavy atom. The van der Waals surface area contributed by atoms with Gasteiger partial charge in [0.2, 0.25) is 0 Å². The standard InChI is InChI=1S/C16H19NO3/c1-17(14-4-2-3-5-14)16(20)13-9-6-12(7-10-13)8-11-15(18)19/h6-11,14H,2-5H2,1H3,(H,18,19). The summed E-state index contributed by atoms with van der Waals surface area (Å²) in [5, 5.41) is 8.56. The van der Waals surface area contributed by atoms with Crippen LogP contribution in [0.25, 0.3) is 6.08 Å². The molecule has 0 aliphatic heterocycles. The third kappa shape index (κ3) is 3.47. The third-order valence-electron chi connectivity index (χ3n) is 3.77. The Bertz CT molecular complexity index is 513. The highest BCUT2D eigenvalue weighted by atomic mass is 16.4. The van der Waals surface area contributed by atoms with E-state index in [-0.39, 0.29) is 5.91 Å². The van der Waals surface area contributed by atoms with E-state index in [4.69, 9.17) is 5.11 Å². The van der Waals surface area contributed by atoms with Crippen molar-refractivity contribution in [2.45, 2.75) is 31.7 Å². The van der Waals surface area contributed by atoms with Gasteiger partial charge in [-0.3, -0.25) is 4.79 Å². The van der Waals surface area contributed by atoms with Gasteiger partial charge in [-0.05, 0) is 36.6 Å². The Hall–Kier alpha value is -2.10. The Morgan fingerprint density at radius 3 is 2.35 bits per heavy atom. The summed E-state index contributed by atoms with van der Waals surface area (Å²) in [6, 6.07) is 7.36. The van der Waals surface area contributed by atoms with Gasteiger partial charge in [0.1, 0.15) is 0 Å². The molecule has 20 heavy (non-hydrogen) atoms. The maximum absolute atomic E-state index is 12.3. The number of hydrogen-bond acceptors (Lipinski definition) is 2. The van der Waals surface area contributed by atoms with Crippen LogP contribution in [0.2, 0.25) is 0 Å². The molecule has 0 unspecified atom stereocenters. The van der Waals surface area contributed by atoms with Crippen LogP contribution in [0, 0.1) is 0 Å². The second-order valence-electron chi connectivity index (χ2n) is 5.15. The summed E-state index contributed by atoms with van der Waals surface area (Å²) in [6.45, 7) is 0. The second kappa shape index (κ2) is 6.37. The van der Waals surface area contributed by atoms with Crippen LogP contribution >= 0.6 is 0 Å². The summed E-state index contributed by atoms with van der Waals surface area (Å²) in [6.07, 6.45) is 7.16. The highest BCUT2D eigenvalue weighted by Gasteiger charge is 2.23. The summed E-state index contributed by atoms with van der Waals surface area (Å²) >= 11 is 0. The molecule has 1 saturated carbocycles. The minimum atomic E-state index is -0.980. The van der Waals surface area contributed by atoms with Gasteiger partial charge in [0, 0.05) is 24.7 Å². The van der Waals surface area contributed by atoms with E-state index >= 15 is 0 Å². The number of carboxylic acid groups (broad SMARTS) is 1. The Labute approximate surface area is 118 Å². The molecule has 1 N–H and O–H groups in total. The lowest BCUT2D eigenvalue weighted by atomic mass is 10.1. The van der Waals surface area contributed by atoms with Crippen LogP contribution in [0.5, 0.6) is 0 Å². The van der Waals surface area contributed by atoms with Crippen molar-refractivity contribution in [1.82, 2.24) is 4.90 Å². The van der Waals surface area contributed by atoms with Crippen molar-refractivity contribution in [2.75, 3.05) is 7.05 Å². The van der Waals surface area contributed by atoms with Crippen molar-refractivity contribution in [2.24, 2.45) is 0 Å². The van der Waals surface area contributed by atoms with Gasteiger partial charge in [-0.15, -0.1) is 0 Å². The number of rotatable bonds is 4. The van der Waals surface area contributed by atoms with Crippen LogP contribution < -0.4 is 0 Å². The fraction of sp³-hybridized carbons (Fsp3) is 0.375. The molecule has 4 heteroatoms. The molecule has 2 rings (SSSR count). The van der Waals surface area contributed by atoms with Gasteiger partial charge in [-0.25, -0.2) is 4.79 Å². The van der Waals surface area contributed by atoms with Crippen LogP contribution in [-0.4, -0.2) is 35.0 Å². The van der Waals surface area contributed by atoms with Gasteiger partial charge in [-0.1, -0.05) is 25.0 Å². The zero-order valence-electron chi connectivity index (χ0n) is 11.6. The predicted molar refractivity (Wildman–Crippen MR) is 77.5 cm³/mol. The molecule has 0 aromatic heterocycles. The molecule has 106 valence electrons. The molecule has 1 aromatic carbocycles. The van der Waals surface area contributed by atoms with Crippen molar-refractivity contribution in [3.05, 3.63) is 41.5 Å². The van der Waals surface area contributed by atoms with E-state index < -0.39 is 5.97 Å². The van der Waals surface area contributed by atoms with Gasteiger partial charge >= 0.3 is 5.97 Å². The Balaban J connectivity index is 2.05. The first-order valence-corrected chi connectivity index (χ1v) is 6.86. The fourth-order valence-electron chi connectivity index (χ4n) is 2.57. The minimum Gasteiger partial charge on any atom is -0.478 e. The second-order valence-corrected chi connectivity index (χ2v) is 5.15. The third-order valence-corrected chi connectivity index (χ3v) is 3.77. The SMILES string of the molecule is CN(C(=O)c1ccc(C=CC(=O)O)cc1)C1CCCC1. The van der Waals surface area contributed by atoms with Crippen LogP contribution in [-0.2, 0) is 4.79 Å². The number of hydrogen-bond donors (Lipinski definition) is 1. The zero-order chi connectivity index (χ0) is 14.5. The molecule has 1 aliphatic carbocycles. The molecule has 0 spiro atoms. The number of carbonyl (C=O) groups is 2. The summed E-state index contributed by atoms with van der Waals surface area (Å²) in [5.74, 6) is -0.947. The van der Waals surface area contributed by atoms with Crippen LogP contribution in [0.1, 0.15) is 41.6 Å². The summed E-state index contributed by atoms with van der Waals surface area (Å²) in [5.41, 5.74) is 1.42. The highest BCUT2D eigenvalue weighted by Crippen LogP contribution is 2.23. The molecule has 1 fully saturated rings. The number of nitrogens with zero attached hydrogens (tertiary/aromatic N) is 1. The number of amides is 1. The van der Waals surface area contributed by atoms with Gasteiger partial charge < -0.3 is 10.0 Å². The minimum absolute atomic E-state index is 0.0330. The van der Waals surface area contributed by atoms with Gasteiger partial charge in [0.05, 0.1) is 0 Å². The maximum atomic E-state index is 12.3. The van der Waals surface area contributed by atoms with E-state index in [2.05, 4.69) is 0 Å². The van der Waals surface area contributed by atoms with Crippen molar-refractivity contribution < 1.29 is 14.7 Å². The van der Waals surface area contributed by atoms with E-state index in [0.717, 1.165) is 24.5 Å². The molecule has 0 saturated heterocycles. The first kappa shape index (κ1) is 14.3. The van der Waals surface area contributed by atoms with E-state index in [1.165, 1.54) is 18.9 Å². The maximum Gasteiger partial charge on any atom is 0.328 e. The zero-order valence-corrected chi connectivity index (χ0v) is 11.6. The molecular weight excluding hydrogens is 254 g/mol. The highest BCUT2D eigenvalue weighted by molar-refractivity contribution is 5.94. The molecule has 1 aliphatic rings. The average Bonchev–Trinajstić information content (AvgIpc) is 2.98. The number of benzene rings is 1. The first-order valence-electron chi connectivity index (χ1n) is 6.86. The summed E-state index contributed by atoms with van der Waals surface area (Å²) in [7, 11) is 1.86. The van der Waals surface area contributed by atoms with Crippen LogP contribution in [0.3, 0.4) is 0 Å². The lowest BCUT2D eigenvalue weighted by molar-refractivity contribution is -0.131. The van der Waals surface area contributed by atoms with Crippen molar-refractivity contribution in [1.29, 1.82) is 0 Å². The molecule has 0 bridgehead atoms. The lowest BCUT2D eigenvalue weighted by Crippen LogP contribution is -2.35. The summed E-state index contributed by atoms with van der Waals surface area (Å²) in [4.78, 5) is 24.6. The molecule has 4 nitrogen and oxygen atoms in total. The molecule has 0 heterocycles. The normalized spacial score (nSPS) is 15.7. The van der Waals surface area contributed by atoms with Crippen molar-refractivity contribution in [3.8, 4) is 0 Å². The first-order chi connectivity index (χ1) is 9.58. The molecule has 0 radical (unpaired) electrons. The van der Waals surface area contributed by atoms with Crippen molar-refractivity contribution >= 4 is 18.0 Å². The van der Waals surface area contributed by atoms with E-state index in [1.807, 2.05) is 11.9 Å². The van der Waals surface area contributed by atoms with Crippen LogP contribution in [0.4, 0.5) is 0 Å². The smallest absolute Gasteiger partial charge is 0.328 e. The summed E-state index contributed by atoms with van der Waals surface area (Å²) < 4.78 is 0. The van der Waals surface area contributed by atoms with Gasteiger partial charge in [0.25, 0.3) is 5.91 Å². The van der Waals surface area contributed by atoms with E-state index in [0.29, 0.717) is 11.6 Å². The van der Waals surface area contributed by atoms with Crippen LogP contribution in [0.15, 0.2) is 30.3 Å². The number of aliphatic carboxylic acids is 1. The monoisotopic (exact) mass is 273 g/mol. The molecule has 0 atom stereocenters. The van der Waals surface area contributed by atoms with Crippen molar-refractivity contribution in [3.63, 3.8) is 0 Å². The molecule has 1 aromatic rings. The fourth-order valence-corrected chi connectivity index (χ4v) is 2.57. The largest absolute Gasteiger partial charge is 0.478 e. The number of carbonyl (C=O) groups excluding carboxylic acids is 1. The van der Waals surface area contributed by atoms with Gasteiger partial charge in [-0.2, -0.15) is 0 Å². The average molecular weight is 273 g/mol. The quantitative estimate of drug-likeness (QED) is 0.858. The van der Waals surface area contributed by atoms with E-state index in [9.17, 15) is 9.59 Å². The Morgan fingerprint density at radius 1 is 1.20 bits per heavy atom. The topological polar surface area (TPSA) is 57.6 Å².